The minimum Gasteiger partial charge on any atom is -0.306 e. The van der Waals surface area contributed by atoms with Crippen LogP contribution in [0, 0.1) is 0 Å². The van der Waals surface area contributed by atoms with E-state index >= 15 is 0 Å². The monoisotopic (exact) mass is 242 g/mol. The number of thioether (sulfide) groups is 1. The van der Waals surface area contributed by atoms with Gasteiger partial charge in [0, 0.05) is 24.0 Å². The zero-order valence-electron chi connectivity index (χ0n) is 10.7. The molecule has 0 fully saturated rings. The highest BCUT2D eigenvalue weighted by Gasteiger charge is 2.09. The van der Waals surface area contributed by atoms with Crippen molar-refractivity contribution in [2.75, 3.05) is 11.5 Å². The maximum Gasteiger partial charge on any atom is 0.0965 e. The summed E-state index contributed by atoms with van der Waals surface area (Å²) in [4.78, 5) is 0. The average Bonchev–Trinajstić information content (AvgIpc) is 2.62. The number of hydrogen-bond donors (Lipinski definition) is 1. The summed E-state index contributed by atoms with van der Waals surface area (Å²) in [5, 5.41) is 11.6. The van der Waals surface area contributed by atoms with Gasteiger partial charge in [0.25, 0.3) is 0 Å². The number of aromatic nitrogens is 3. The van der Waals surface area contributed by atoms with Crippen LogP contribution in [0.4, 0.5) is 0 Å². The van der Waals surface area contributed by atoms with E-state index in [4.69, 9.17) is 0 Å². The van der Waals surface area contributed by atoms with E-state index in [0.29, 0.717) is 0 Å². The van der Waals surface area contributed by atoms with Crippen LogP contribution in [0.15, 0.2) is 6.20 Å². The zero-order valence-corrected chi connectivity index (χ0v) is 11.5. The Bertz CT molecular complexity index is 303. The van der Waals surface area contributed by atoms with Crippen LogP contribution in [-0.4, -0.2) is 32.0 Å². The first-order valence-corrected chi connectivity index (χ1v) is 6.88. The molecule has 0 atom stereocenters. The van der Waals surface area contributed by atoms with E-state index in [-0.39, 0.29) is 5.54 Å². The van der Waals surface area contributed by atoms with E-state index in [1.165, 1.54) is 0 Å². The standard InChI is InChI=1S/C11H22N4S/c1-5-16-7-6-15-9-10(13-14-15)8-12-11(2,3)4/h9,12H,5-8H2,1-4H3. The van der Waals surface area contributed by atoms with E-state index in [0.717, 1.165) is 30.3 Å². The molecule has 1 rings (SSSR count). The van der Waals surface area contributed by atoms with Crippen molar-refractivity contribution >= 4 is 11.8 Å². The first kappa shape index (κ1) is 13.5. The Morgan fingerprint density at radius 2 is 2.19 bits per heavy atom. The van der Waals surface area contributed by atoms with Crippen LogP contribution in [0.1, 0.15) is 33.4 Å². The van der Waals surface area contributed by atoms with Crippen molar-refractivity contribution in [3.05, 3.63) is 11.9 Å². The smallest absolute Gasteiger partial charge is 0.0965 e. The van der Waals surface area contributed by atoms with E-state index in [1.807, 2.05) is 22.6 Å². The third-order valence-electron chi connectivity index (χ3n) is 2.05. The molecule has 0 aromatic carbocycles. The second-order valence-corrected chi connectivity index (χ2v) is 6.17. The molecule has 92 valence electrons. The van der Waals surface area contributed by atoms with Gasteiger partial charge in [0.15, 0.2) is 0 Å². The molecule has 16 heavy (non-hydrogen) atoms. The molecule has 0 saturated heterocycles. The van der Waals surface area contributed by atoms with Crippen molar-refractivity contribution in [1.82, 2.24) is 20.3 Å². The number of hydrogen-bond acceptors (Lipinski definition) is 4. The molecular formula is C11H22N4S. The van der Waals surface area contributed by atoms with Crippen LogP contribution in [0.25, 0.3) is 0 Å². The third kappa shape index (κ3) is 5.51. The molecule has 0 radical (unpaired) electrons. The summed E-state index contributed by atoms with van der Waals surface area (Å²) in [7, 11) is 0. The fraction of sp³-hybridized carbons (Fsp3) is 0.818. The quantitative estimate of drug-likeness (QED) is 0.774. The molecule has 0 spiro atoms. The number of rotatable bonds is 6. The van der Waals surface area contributed by atoms with Gasteiger partial charge in [-0.25, -0.2) is 0 Å². The average molecular weight is 242 g/mol. The predicted molar refractivity (Wildman–Crippen MR) is 69.6 cm³/mol. The Morgan fingerprint density at radius 3 is 2.81 bits per heavy atom. The van der Waals surface area contributed by atoms with Gasteiger partial charge in [-0.15, -0.1) is 5.10 Å². The molecule has 0 saturated carbocycles. The Hall–Kier alpha value is -0.550. The summed E-state index contributed by atoms with van der Waals surface area (Å²) in [5.41, 5.74) is 1.14. The van der Waals surface area contributed by atoms with Crippen molar-refractivity contribution in [2.24, 2.45) is 0 Å². The number of aryl methyl sites for hydroxylation is 1. The highest BCUT2D eigenvalue weighted by atomic mass is 32.2. The molecule has 0 bridgehead atoms. The number of nitrogens with zero attached hydrogens (tertiary/aromatic N) is 3. The van der Waals surface area contributed by atoms with Crippen LogP contribution < -0.4 is 5.32 Å². The van der Waals surface area contributed by atoms with Gasteiger partial charge < -0.3 is 5.32 Å². The number of nitrogens with one attached hydrogen (secondary N) is 1. The molecule has 5 heteroatoms. The van der Waals surface area contributed by atoms with Crippen molar-refractivity contribution < 1.29 is 0 Å². The fourth-order valence-electron chi connectivity index (χ4n) is 1.19. The second kappa shape index (κ2) is 6.25. The van der Waals surface area contributed by atoms with Crippen molar-refractivity contribution in [3.8, 4) is 0 Å². The second-order valence-electron chi connectivity index (χ2n) is 4.77. The van der Waals surface area contributed by atoms with Crippen LogP contribution in [0.2, 0.25) is 0 Å². The molecule has 0 aliphatic heterocycles. The largest absolute Gasteiger partial charge is 0.306 e. The zero-order chi connectivity index (χ0) is 12.0. The maximum absolute atomic E-state index is 4.14. The highest BCUT2D eigenvalue weighted by Crippen LogP contribution is 2.03. The molecule has 0 aliphatic rings. The van der Waals surface area contributed by atoms with Gasteiger partial charge >= 0.3 is 0 Å². The molecule has 1 aromatic heterocycles. The lowest BCUT2D eigenvalue weighted by molar-refractivity contribution is 0.421. The minimum atomic E-state index is 0.127. The van der Waals surface area contributed by atoms with Crippen LogP contribution in [0.5, 0.6) is 0 Å². The Balaban J connectivity index is 2.33. The Labute approximate surface area is 102 Å². The lowest BCUT2D eigenvalue weighted by Crippen LogP contribution is -2.35. The minimum absolute atomic E-state index is 0.127. The molecule has 1 N–H and O–H groups in total. The van der Waals surface area contributed by atoms with Gasteiger partial charge in [-0.2, -0.15) is 11.8 Å². The third-order valence-corrected chi connectivity index (χ3v) is 2.93. The lowest BCUT2D eigenvalue weighted by atomic mass is 10.1. The van der Waals surface area contributed by atoms with Gasteiger partial charge in [0.05, 0.1) is 12.2 Å². The van der Waals surface area contributed by atoms with Gasteiger partial charge in [-0.3, -0.25) is 4.68 Å². The molecule has 1 heterocycles. The van der Waals surface area contributed by atoms with Crippen molar-refractivity contribution in [1.29, 1.82) is 0 Å². The summed E-state index contributed by atoms with van der Waals surface area (Å²) in [6.45, 7) is 10.3. The summed E-state index contributed by atoms with van der Waals surface area (Å²) in [6.07, 6.45) is 2.02. The van der Waals surface area contributed by atoms with E-state index in [1.54, 1.807) is 0 Å². The molecule has 0 amide bonds. The molecule has 0 unspecified atom stereocenters. The van der Waals surface area contributed by atoms with Crippen molar-refractivity contribution in [3.63, 3.8) is 0 Å². The molecule has 4 nitrogen and oxygen atoms in total. The predicted octanol–water partition coefficient (Wildman–Crippen LogP) is 1.92. The first-order chi connectivity index (χ1) is 7.51. The molecule has 1 aromatic rings. The lowest BCUT2D eigenvalue weighted by Gasteiger charge is -2.19. The van der Waals surface area contributed by atoms with Gasteiger partial charge in [-0.05, 0) is 26.5 Å². The van der Waals surface area contributed by atoms with E-state index in [2.05, 4.69) is 43.3 Å². The van der Waals surface area contributed by atoms with Gasteiger partial charge in [0.2, 0.25) is 0 Å². The maximum atomic E-state index is 4.14. The first-order valence-electron chi connectivity index (χ1n) is 5.73. The summed E-state index contributed by atoms with van der Waals surface area (Å²) in [5.74, 6) is 2.26. The highest BCUT2D eigenvalue weighted by molar-refractivity contribution is 7.99. The van der Waals surface area contributed by atoms with Gasteiger partial charge in [0.1, 0.15) is 0 Å². The van der Waals surface area contributed by atoms with E-state index in [9.17, 15) is 0 Å². The normalized spacial score (nSPS) is 12.0. The van der Waals surface area contributed by atoms with Gasteiger partial charge in [-0.1, -0.05) is 12.1 Å². The molecular weight excluding hydrogens is 220 g/mol. The topological polar surface area (TPSA) is 42.7 Å². The summed E-state index contributed by atoms with van der Waals surface area (Å²) in [6, 6.07) is 0. The van der Waals surface area contributed by atoms with Crippen LogP contribution in [-0.2, 0) is 13.1 Å². The van der Waals surface area contributed by atoms with Crippen molar-refractivity contribution in [2.45, 2.75) is 46.3 Å². The van der Waals surface area contributed by atoms with Crippen LogP contribution in [0.3, 0.4) is 0 Å². The summed E-state index contributed by atoms with van der Waals surface area (Å²) >= 11 is 1.93. The van der Waals surface area contributed by atoms with Crippen LogP contribution >= 0.6 is 11.8 Å². The Morgan fingerprint density at radius 1 is 1.44 bits per heavy atom. The SMILES string of the molecule is CCSCCn1cc(CNC(C)(C)C)nn1. The summed E-state index contributed by atoms with van der Waals surface area (Å²) < 4.78 is 1.92. The Kier molecular flexibility index (Phi) is 5.28. The fourth-order valence-corrected chi connectivity index (χ4v) is 1.79. The van der Waals surface area contributed by atoms with E-state index < -0.39 is 0 Å². The molecule has 0 aliphatic carbocycles.